The fourth-order valence-electron chi connectivity index (χ4n) is 3.17. The second kappa shape index (κ2) is 4.30. The number of primary amides is 1. The van der Waals surface area contributed by atoms with Gasteiger partial charge >= 0.3 is 0 Å². The average molecular weight is 247 g/mol. The molecule has 1 amide bonds. The molecule has 1 aliphatic carbocycles. The Morgan fingerprint density at radius 1 is 1.33 bits per heavy atom. The first-order chi connectivity index (χ1) is 8.44. The molecule has 1 aliphatic rings. The molecule has 0 bridgehead atoms. The Morgan fingerprint density at radius 2 is 2.06 bits per heavy atom. The van der Waals surface area contributed by atoms with Crippen LogP contribution in [-0.2, 0) is 10.2 Å². The van der Waals surface area contributed by atoms with Gasteiger partial charge in [-0.1, -0.05) is 25.5 Å². The van der Waals surface area contributed by atoms with Crippen LogP contribution < -0.4 is 10.5 Å². The molecular formula is C15H21NO2. The second-order valence-electron chi connectivity index (χ2n) is 5.61. The van der Waals surface area contributed by atoms with Gasteiger partial charge < -0.3 is 10.5 Å². The standard InChI is InChI=1S/C15H21NO2/c1-14(8-5-9-15(14,2)13(16)17)11-6-4-7-12(10-11)18-3/h4,6-7,10H,5,8-9H2,1-3H3,(H2,16,17). The molecule has 0 radical (unpaired) electrons. The highest BCUT2D eigenvalue weighted by Crippen LogP contribution is 2.54. The summed E-state index contributed by atoms with van der Waals surface area (Å²) in [5.74, 6) is 0.623. The summed E-state index contributed by atoms with van der Waals surface area (Å²) in [6, 6.07) is 7.98. The summed E-state index contributed by atoms with van der Waals surface area (Å²) in [7, 11) is 1.66. The van der Waals surface area contributed by atoms with Crippen molar-refractivity contribution in [3.05, 3.63) is 29.8 Å². The summed E-state index contributed by atoms with van der Waals surface area (Å²) in [6.07, 6.45) is 2.88. The van der Waals surface area contributed by atoms with E-state index in [1.807, 2.05) is 25.1 Å². The molecule has 0 aromatic heterocycles. The van der Waals surface area contributed by atoms with Gasteiger partial charge in [0.2, 0.25) is 5.91 Å². The Labute approximate surface area is 108 Å². The van der Waals surface area contributed by atoms with Crippen molar-refractivity contribution in [1.29, 1.82) is 0 Å². The third kappa shape index (κ3) is 1.69. The Morgan fingerprint density at radius 3 is 2.67 bits per heavy atom. The number of carbonyl (C=O) groups excluding carboxylic acids is 1. The lowest BCUT2D eigenvalue weighted by Crippen LogP contribution is -2.46. The molecule has 0 saturated heterocycles. The van der Waals surface area contributed by atoms with Crippen molar-refractivity contribution in [1.82, 2.24) is 0 Å². The normalized spacial score (nSPS) is 31.3. The minimum Gasteiger partial charge on any atom is -0.497 e. The molecule has 98 valence electrons. The van der Waals surface area contributed by atoms with Crippen LogP contribution in [0.1, 0.15) is 38.7 Å². The van der Waals surface area contributed by atoms with Crippen LogP contribution in [0.4, 0.5) is 0 Å². The Bertz CT molecular complexity index is 471. The van der Waals surface area contributed by atoms with Crippen LogP contribution in [0.15, 0.2) is 24.3 Å². The van der Waals surface area contributed by atoms with Crippen molar-refractivity contribution in [2.45, 2.75) is 38.5 Å². The van der Waals surface area contributed by atoms with E-state index in [0.29, 0.717) is 0 Å². The number of ether oxygens (including phenoxy) is 1. The molecule has 2 rings (SSSR count). The summed E-state index contributed by atoms with van der Waals surface area (Å²) >= 11 is 0. The van der Waals surface area contributed by atoms with Crippen molar-refractivity contribution in [3.63, 3.8) is 0 Å². The maximum atomic E-state index is 11.9. The van der Waals surface area contributed by atoms with Gasteiger partial charge in [0.05, 0.1) is 12.5 Å². The van der Waals surface area contributed by atoms with E-state index in [-0.39, 0.29) is 11.3 Å². The molecule has 2 unspecified atom stereocenters. The predicted molar refractivity (Wildman–Crippen MR) is 71.5 cm³/mol. The van der Waals surface area contributed by atoms with Gasteiger partial charge in [-0.05, 0) is 37.5 Å². The van der Waals surface area contributed by atoms with Gasteiger partial charge in [-0.2, -0.15) is 0 Å². The Balaban J connectivity index is 2.49. The first kappa shape index (κ1) is 12.9. The summed E-state index contributed by atoms with van der Waals surface area (Å²) < 4.78 is 5.27. The number of methoxy groups -OCH3 is 1. The lowest BCUT2D eigenvalue weighted by atomic mass is 9.64. The zero-order chi connectivity index (χ0) is 13.4. The molecule has 1 aromatic carbocycles. The zero-order valence-corrected chi connectivity index (χ0v) is 11.3. The molecule has 0 aliphatic heterocycles. The molecule has 3 nitrogen and oxygen atoms in total. The minimum absolute atomic E-state index is 0.201. The number of hydrogen-bond acceptors (Lipinski definition) is 2. The first-order valence-corrected chi connectivity index (χ1v) is 6.38. The third-order valence-electron chi connectivity index (χ3n) is 4.82. The number of rotatable bonds is 3. The largest absolute Gasteiger partial charge is 0.497 e. The van der Waals surface area contributed by atoms with E-state index in [9.17, 15) is 4.79 Å². The highest BCUT2D eigenvalue weighted by Gasteiger charge is 2.53. The molecule has 1 fully saturated rings. The molecular weight excluding hydrogens is 226 g/mol. The number of nitrogens with two attached hydrogens (primary N) is 1. The van der Waals surface area contributed by atoms with Crippen LogP contribution in [0, 0.1) is 5.41 Å². The van der Waals surface area contributed by atoms with Crippen molar-refractivity contribution in [2.24, 2.45) is 11.1 Å². The summed E-state index contributed by atoms with van der Waals surface area (Å²) in [4.78, 5) is 11.9. The van der Waals surface area contributed by atoms with E-state index in [4.69, 9.17) is 10.5 Å². The molecule has 2 N–H and O–H groups in total. The maximum Gasteiger partial charge on any atom is 0.224 e. The van der Waals surface area contributed by atoms with E-state index in [0.717, 1.165) is 30.6 Å². The van der Waals surface area contributed by atoms with Crippen molar-refractivity contribution < 1.29 is 9.53 Å². The van der Waals surface area contributed by atoms with Gasteiger partial charge in [0, 0.05) is 5.41 Å². The highest BCUT2D eigenvalue weighted by atomic mass is 16.5. The Kier molecular flexibility index (Phi) is 3.09. The number of hydrogen-bond donors (Lipinski definition) is 1. The molecule has 18 heavy (non-hydrogen) atoms. The fourth-order valence-corrected chi connectivity index (χ4v) is 3.17. The van der Waals surface area contributed by atoms with Gasteiger partial charge in [-0.25, -0.2) is 0 Å². The number of carbonyl (C=O) groups is 1. The fraction of sp³-hybridized carbons (Fsp3) is 0.533. The van der Waals surface area contributed by atoms with Crippen LogP contribution in [0.2, 0.25) is 0 Å². The topological polar surface area (TPSA) is 52.3 Å². The van der Waals surface area contributed by atoms with Gasteiger partial charge in [-0.3, -0.25) is 4.79 Å². The lowest BCUT2D eigenvalue weighted by Gasteiger charge is -2.39. The second-order valence-corrected chi connectivity index (χ2v) is 5.61. The van der Waals surface area contributed by atoms with Gasteiger partial charge in [0.1, 0.15) is 5.75 Å². The van der Waals surface area contributed by atoms with Crippen molar-refractivity contribution in [3.8, 4) is 5.75 Å². The van der Waals surface area contributed by atoms with Crippen LogP contribution in [0.5, 0.6) is 5.75 Å². The van der Waals surface area contributed by atoms with Gasteiger partial charge in [0.15, 0.2) is 0 Å². The maximum absolute atomic E-state index is 11.9. The average Bonchev–Trinajstić information content (AvgIpc) is 2.68. The first-order valence-electron chi connectivity index (χ1n) is 6.38. The Hall–Kier alpha value is -1.51. The third-order valence-corrected chi connectivity index (χ3v) is 4.82. The van der Waals surface area contributed by atoms with E-state index in [1.165, 1.54) is 0 Å². The summed E-state index contributed by atoms with van der Waals surface area (Å²) in [5.41, 5.74) is 6.11. The van der Waals surface area contributed by atoms with Crippen LogP contribution >= 0.6 is 0 Å². The predicted octanol–water partition coefficient (Wildman–Crippen LogP) is 2.63. The summed E-state index contributed by atoms with van der Waals surface area (Å²) in [5, 5.41) is 0. The SMILES string of the molecule is COc1cccc(C2(C)CCCC2(C)C(N)=O)c1. The monoisotopic (exact) mass is 247 g/mol. The molecule has 0 heterocycles. The van der Waals surface area contributed by atoms with Gasteiger partial charge in [0.25, 0.3) is 0 Å². The van der Waals surface area contributed by atoms with E-state index in [2.05, 4.69) is 13.0 Å². The minimum atomic E-state index is -0.473. The quantitative estimate of drug-likeness (QED) is 0.892. The van der Waals surface area contributed by atoms with Crippen LogP contribution in [0.25, 0.3) is 0 Å². The molecule has 1 saturated carbocycles. The number of amides is 1. The molecule has 0 spiro atoms. The van der Waals surface area contributed by atoms with Crippen molar-refractivity contribution in [2.75, 3.05) is 7.11 Å². The molecule has 2 atom stereocenters. The van der Waals surface area contributed by atoms with Crippen molar-refractivity contribution >= 4 is 5.91 Å². The smallest absolute Gasteiger partial charge is 0.224 e. The van der Waals surface area contributed by atoms with E-state index < -0.39 is 5.41 Å². The van der Waals surface area contributed by atoms with E-state index in [1.54, 1.807) is 7.11 Å². The van der Waals surface area contributed by atoms with Gasteiger partial charge in [-0.15, -0.1) is 0 Å². The zero-order valence-electron chi connectivity index (χ0n) is 11.3. The highest BCUT2D eigenvalue weighted by molar-refractivity contribution is 5.83. The lowest BCUT2D eigenvalue weighted by molar-refractivity contribution is -0.129. The summed E-state index contributed by atoms with van der Waals surface area (Å²) in [6.45, 7) is 4.13. The van der Waals surface area contributed by atoms with Crippen LogP contribution in [-0.4, -0.2) is 13.0 Å². The number of benzene rings is 1. The van der Waals surface area contributed by atoms with Crippen LogP contribution in [0.3, 0.4) is 0 Å². The van der Waals surface area contributed by atoms with E-state index >= 15 is 0 Å². The molecule has 3 heteroatoms. The molecule has 1 aromatic rings.